The van der Waals surface area contributed by atoms with E-state index in [1.54, 1.807) is 0 Å². The SMILES string of the molecule is C/C=C\C=C(/Br)CNC(CC)(CC)C(=O)OC1CCCC1. The summed E-state index contributed by atoms with van der Waals surface area (Å²) in [7, 11) is 0. The van der Waals surface area contributed by atoms with Gasteiger partial charge in [-0.15, -0.1) is 0 Å². The number of hydrogen-bond acceptors (Lipinski definition) is 3. The number of nitrogens with one attached hydrogen (secondary N) is 1. The van der Waals surface area contributed by atoms with Crippen molar-refractivity contribution in [1.29, 1.82) is 0 Å². The highest BCUT2D eigenvalue weighted by atomic mass is 79.9. The van der Waals surface area contributed by atoms with Gasteiger partial charge in [-0.3, -0.25) is 10.1 Å². The summed E-state index contributed by atoms with van der Waals surface area (Å²) >= 11 is 3.52. The van der Waals surface area contributed by atoms with Gasteiger partial charge in [-0.2, -0.15) is 0 Å². The highest BCUT2D eigenvalue weighted by Gasteiger charge is 2.37. The normalized spacial score (nSPS) is 17.6. The van der Waals surface area contributed by atoms with Crippen LogP contribution in [0, 0.1) is 0 Å². The lowest BCUT2D eigenvalue weighted by Crippen LogP contribution is -2.53. The van der Waals surface area contributed by atoms with E-state index in [0.717, 1.165) is 30.2 Å². The maximum absolute atomic E-state index is 12.6. The summed E-state index contributed by atoms with van der Waals surface area (Å²) in [6, 6.07) is 0. The molecule has 0 aliphatic heterocycles. The zero-order valence-corrected chi connectivity index (χ0v) is 15.0. The number of hydrogen-bond donors (Lipinski definition) is 1. The molecule has 1 rings (SSSR count). The molecule has 120 valence electrons. The Morgan fingerprint density at radius 1 is 1.33 bits per heavy atom. The van der Waals surface area contributed by atoms with Gasteiger partial charge in [-0.25, -0.2) is 0 Å². The first-order valence-electron chi connectivity index (χ1n) is 8.01. The van der Waals surface area contributed by atoms with Crippen molar-refractivity contribution in [2.45, 2.75) is 70.9 Å². The minimum absolute atomic E-state index is 0.0919. The Morgan fingerprint density at radius 3 is 2.48 bits per heavy atom. The van der Waals surface area contributed by atoms with Crippen molar-refractivity contribution >= 4 is 21.9 Å². The minimum Gasteiger partial charge on any atom is -0.461 e. The lowest BCUT2D eigenvalue weighted by atomic mass is 9.92. The second kappa shape index (κ2) is 9.42. The number of rotatable bonds is 8. The number of allylic oxidation sites excluding steroid dienone is 3. The van der Waals surface area contributed by atoms with Gasteiger partial charge in [0.25, 0.3) is 0 Å². The van der Waals surface area contributed by atoms with Gasteiger partial charge < -0.3 is 4.74 Å². The largest absolute Gasteiger partial charge is 0.461 e. The predicted molar refractivity (Wildman–Crippen MR) is 91.5 cm³/mol. The summed E-state index contributed by atoms with van der Waals surface area (Å²) in [4.78, 5) is 12.6. The lowest BCUT2D eigenvalue weighted by Gasteiger charge is -2.31. The van der Waals surface area contributed by atoms with Crippen molar-refractivity contribution in [2.75, 3.05) is 6.54 Å². The monoisotopic (exact) mass is 357 g/mol. The van der Waals surface area contributed by atoms with E-state index >= 15 is 0 Å². The first-order valence-corrected chi connectivity index (χ1v) is 8.80. The summed E-state index contributed by atoms with van der Waals surface area (Å²) in [5.41, 5.74) is -0.578. The molecule has 1 N–H and O–H groups in total. The second-order valence-electron chi connectivity index (χ2n) is 5.59. The van der Waals surface area contributed by atoms with Gasteiger partial charge >= 0.3 is 5.97 Å². The van der Waals surface area contributed by atoms with Crippen LogP contribution < -0.4 is 5.32 Å². The van der Waals surface area contributed by atoms with Gasteiger partial charge in [0.15, 0.2) is 0 Å². The average Bonchev–Trinajstić information content (AvgIpc) is 2.99. The highest BCUT2D eigenvalue weighted by molar-refractivity contribution is 9.11. The quantitative estimate of drug-likeness (QED) is 0.514. The molecule has 0 amide bonds. The molecule has 0 aromatic carbocycles. The van der Waals surface area contributed by atoms with E-state index in [-0.39, 0.29) is 12.1 Å². The summed E-state index contributed by atoms with van der Waals surface area (Å²) < 4.78 is 6.75. The van der Waals surface area contributed by atoms with Crippen LogP contribution in [-0.2, 0) is 9.53 Å². The third-order valence-electron chi connectivity index (χ3n) is 4.24. The molecule has 1 aliphatic carbocycles. The van der Waals surface area contributed by atoms with Gasteiger partial charge in [-0.1, -0.05) is 48.0 Å². The molecule has 0 saturated heterocycles. The maximum atomic E-state index is 12.6. The van der Waals surface area contributed by atoms with Crippen molar-refractivity contribution < 1.29 is 9.53 Å². The Morgan fingerprint density at radius 2 is 1.95 bits per heavy atom. The van der Waals surface area contributed by atoms with E-state index in [2.05, 4.69) is 21.2 Å². The standard InChI is InChI=1S/C17H28BrNO2/c1-4-7-10-14(18)13-19-17(5-2,6-3)16(20)21-15-11-8-9-12-15/h4,7,10,15,19H,5-6,8-9,11-13H2,1-3H3/b7-4-,14-10-. The van der Waals surface area contributed by atoms with Crippen molar-refractivity contribution in [3.63, 3.8) is 0 Å². The van der Waals surface area contributed by atoms with Crippen LogP contribution in [-0.4, -0.2) is 24.2 Å². The lowest BCUT2D eigenvalue weighted by molar-refractivity contribution is -0.157. The van der Waals surface area contributed by atoms with Crippen LogP contribution >= 0.6 is 15.9 Å². The van der Waals surface area contributed by atoms with E-state index in [1.807, 2.05) is 39.0 Å². The van der Waals surface area contributed by atoms with E-state index < -0.39 is 5.54 Å². The Balaban J connectivity index is 2.65. The fraction of sp³-hybridized carbons (Fsp3) is 0.706. The van der Waals surface area contributed by atoms with Crippen LogP contribution in [0.4, 0.5) is 0 Å². The van der Waals surface area contributed by atoms with E-state index in [1.165, 1.54) is 12.8 Å². The molecule has 1 fully saturated rings. The number of carbonyl (C=O) groups excluding carboxylic acids is 1. The zero-order valence-electron chi connectivity index (χ0n) is 13.5. The van der Waals surface area contributed by atoms with Crippen LogP contribution in [0.3, 0.4) is 0 Å². The summed E-state index contributed by atoms with van der Waals surface area (Å²) in [5, 5.41) is 3.39. The van der Waals surface area contributed by atoms with E-state index in [4.69, 9.17) is 4.74 Å². The van der Waals surface area contributed by atoms with Crippen LogP contribution in [0.25, 0.3) is 0 Å². The van der Waals surface area contributed by atoms with Crippen molar-refractivity contribution in [1.82, 2.24) is 5.32 Å². The number of esters is 1. The molecule has 0 aromatic heterocycles. The Bertz CT molecular complexity index is 380. The Labute approximate surface area is 137 Å². The van der Waals surface area contributed by atoms with Crippen LogP contribution in [0.5, 0.6) is 0 Å². The summed E-state index contributed by atoms with van der Waals surface area (Å²) in [6.45, 7) is 6.68. The molecule has 1 aliphatic rings. The smallest absolute Gasteiger partial charge is 0.326 e. The van der Waals surface area contributed by atoms with Crippen molar-refractivity contribution in [2.24, 2.45) is 0 Å². The Kier molecular flexibility index (Phi) is 8.27. The molecule has 21 heavy (non-hydrogen) atoms. The van der Waals surface area contributed by atoms with Gasteiger partial charge in [-0.05, 0) is 45.4 Å². The maximum Gasteiger partial charge on any atom is 0.326 e. The number of halogens is 1. The fourth-order valence-electron chi connectivity index (χ4n) is 2.64. The van der Waals surface area contributed by atoms with Gasteiger partial charge in [0, 0.05) is 11.0 Å². The van der Waals surface area contributed by atoms with Gasteiger partial charge in [0.1, 0.15) is 11.6 Å². The number of ether oxygens (including phenoxy) is 1. The van der Waals surface area contributed by atoms with Crippen LogP contribution in [0.15, 0.2) is 22.7 Å². The van der Waals surface area contributed by atoms with Crippen LogP contribution in [0.1, 0.15) is 59.3 Å². The second-order valence-corrected chi connectivity index (χ2v) is 6.61. The molecule has 0 aromatic rings. The van der Waals surface area contributed by atoms with E-state index in [0.29, 0.717) is 6.54 Å². The predicted octanol–water partition coefficient (Wildman–Crippen LogP) is 4.48. The molecule has 0 heterocycles. The molecule has 1 saturated carbocycles. The fourth-order valence-corrected chi connectivity index (χ4v) is 2.94. The molecule has 0 unspecified atom stereocenters. The van der Waals surface area contributed by atoms with Gasteiger partial charge in [0.2, 0.25) is 0 Å². The zero-order chi connectivity index (χ0) is 15.7. The molecule has 4 heteroatoms. The molecular formula is C17H28BrNO2. The topological polar surface area (TPSA) is 38.3 Å². The highest BCUT2D eigenvalue weighted by Crippen LogP contribution is 2.25. The molecule has 0 spiro atoms. The number of carbonyl (C=O) groups is 1. The van der Waals surface area contributed by atoms with Crippen molar-refractivity contribution in [3.8, 4) is 0 Å². The summed E-state index contributed by atoms with van der Waals surface area (Å²) in [5.74, 6) is -0.0919. The minimum atomic E-state index is -0.578. The molecule has 0 bridgehead atoms. The van der Waals surface area contributed by atoms with Crippen LogP contribution in [0.2, 0.25) is 0 Å². The molecular weight excluding hydrogens is 330 g/mol. The Hall–Kier alpha value is -0.610. The average molecular weight is 358 g/mol. The third-order valence-corrected chi connectivity index (χ3v) is 4.78. The first-order chi connectivity index (χ1) is 10.1. The molecule has 3 nitrogen and oxygen atoms in total. The summed E-state index contributed by atoms with van der Waals surface area (Å²) in [6.07, 6.45) is 11.9. The molecule has 0 radical (unpaired) electrons. The van der Waals surface area contributed by atoms with Crippen molar-refractivity contribution in [3.05, 3.63) is 22.7 Å². The molecule has 0 atom stereocenters. The third kappa shape index (κ3) is 5.59. The van der Waals surface area contributed by atoms with E-state index in [9.17, 15) is 4.79 Å². The van der Waals surface area contributed by atoms with Gasteiger partial charge in [0.05, 0.1) is 0 Å². The first kappa shape index (κ1) is 18.4.